The minimum absolute atomic E-state index is 0.00139. The Morgan fingerprint density at radius 2 is 2.05 bits per heavy atom. The van der Waals surface area contributed by atoms with E-state index in [0.717, 1.165) is 16.5 Å². The van der Waals surface area contributed by atoms with Gasteiger partial charge < -0.3 is 9.80 Å². The van der Waals surface area contributed by atoms with E-state index < -0.39 is 0 Å². The van der Waals surface area contributed by atoms with Crippen LogP contribution in [-0.4, -0.2) is 48.3 Å². The van der Waals surface area contributed by atoms with Crippen molar-refractivity contribution >= 4 is 27.7 Å². The second kappa shape index (κ2) is 5.74. The third-order valence-corrected chi connectivity index (χ3v) is 4.32. The van der Waals surface area contributed by atoms with Gasteiger partial charge in [0.2, 0.25) is 5.91 Å². The molecule has 2 amide bonds. The minimum Gasteiger partial charge on any atom is -0.344 e. The van der Waals surface area contributed by atoms with Gasteiger partial charge in [0.25, 0.3) is 5.91 Å². The van der Waals surface area contributed by atoms with Crippen molar-refractivity contribution in [3.05, 3.63) is 33.8 Å². The summed E-state index contributed by atoms with van der Waals surface area (Å²) in [5.41, 5.74) is 1.57. The average Bonchev–Trinajstić information content (AvgIpc) is 2.55. The third kappa shape index (κ3) is 2.97. The Kier molecular flexibility index (Phi) is 4.24. The van der Waals surface area contributed by atoms with E-state index in [9.17, 15) is 9.59 Å². The fourth-order valence-electron chi connectivity index (χ4n) is 2.17. The van der Waals surface area contributed by atoms with E-state index in [1.165, 1.54) is 0 Å². The Morgan fingerprint density at radius 3 is 2.79 bits per heavy atom. The quantitative estimate of drug-likeness (QED) is 0.793. The smallest absolute Gasteiger partial charge is 0.254 e. The van der Waals surface area contributed by atoms with Crippen molar-refractivity contribution in [2.45, 2.75) is 13.3 Å². The second-order valence-electron chi connectivity index (χ2n) is 4.81. The molecule has 1 saturated heterocycles. The molecule has 0 radical (unpaired) electrons. The lowest BCUT2D eigenvalue weighted by atomic mass is 10.1. The second-order valence-corrected chi connectivity index (χ2v) is 5.66. The molecule has 0 atom stereocenters. The van der Waals surface area contributed by atoms with Crippen LogP contribution in [0.2, 0.25) is 0 Å². The summed E-state index contributed by atoms with van der Waals surface area (Å²) in [5, 5.41) is 0. The molecule has 0 unspecified atom stereocenters. The highest BCUT2D eigenvalue weighted by molar-refractivity contribution is 9.10. The van der Waals surface area contributed by atoms with E-state index in [4.69, 9.17) is 0 Å². The molecule has 0 aliphatic carbocycles. The Labute approximate surface area is 121 Å². The standard InChI is InChI=1S/C14H17BrN2O2/c1-10-11(5-3-6-12(10)15)14(19)17-8-4-7-16(2)13(18)9-17/h3,5-6H,4,7-9H2,1-2H3. The number of benzene rings is 1. The predicted molar refractivity (Wildman–Crippen MR) is 77.0 cm³/mol. The molecule has 1 heterocycles. The zero-order chi connectivity index (χ0) is 14.0. The lowest BCUT2D eigenvalue weighted by molar-refractivity contribution is -0.129. The van der Waals surface area contributed by atoms with Crippen molar-refractivity contribution in [3.63, 3.8) is 0 Å². The first-order chi connectivity index (χ1) is 9.00. The molecule has 1 aromatic rings. The van der Waals surface area contributed by atoms with Crippen LogP contribution in [0.25, 0.3) is 0 Å². The first-order valence-electron chi connectivity index (χ1n) is 6.29. The van der Waals surface area contributed by atoms with Crippen LogP contribution in [-0.2, 0) is 4.79 Å². The maximum absolute atomic E-state index is 12.5. The van der Waals surface area contributed by atoms with Gasteiger partial charge in [0, 0.05) is 30.2 Å². The Hall–Kier alpha value is -1.36. The topological polar surface area (TPSA) is 40.6 Å². The minimum atomic E-state index is -0.0672. The molecule has 1 aliphatic rings. The summed E-state index contributed by atoms with van der Waals surface area (Å²) in [6, 6.07) is 5.56. The number of halogens is 1. The zero-order valence-corrected chi connectivity index (χ0v) is 12.7. The molecule has 19 heavy (non-hydrogen) atoms. The number of carbonyl (C=O) groups excluding carboxylic acids is 2. The van der Waals surface area contributed by atoms with Gasteiger partial charge in [-0.25, -0.2) is 0 Å². The number of hydrogen-bond acceptors (Lipinski definition) is 2. The van der Waals surface area contributed by atoms with Gasteiger partial charge in [-0.2, -0.15) is 0 Å². The number of likely N-dealkylation sites (N-methyl/N-ethyl adjacent to an activating group) is 1. The first-order valence-corrected chi connectivity index (χ1v) is 7.08. The highest BCUT2D eigenvalue weighted by atomic mass is 79.9. The molecule has 4 nitrogen and oxygen atoms in total. The molecule has 0 spiro atoms. The van der Waals surface area contributed by atoms with Crippen LogP contribution in [0.4, 0.5) is 0 Å². The van der Waals surface area contributed by atoms with Gasteiger partial charge in [0.1, 0.15) is 6.54 Å². The Morgan fingerprint density at radius 1 is 1.32 bits per heavy atom. The summed E-state index contributed by atoms with van der Waals surface area (Å²) in [7, 11) is 1.78. The number of hydrogen-bond donors (Lipinski definition) is 0. The average molecular weight is 325 g/mol. The summed E-state index contributed by atoms with van der Waals surface area (Å²) >= 11 is 3.43. The normalized spacial score (nSPS) is 16.5. The van der Waals surface area contributed by atoms with Crippen molar-refractivity contribution in [3.8, 4) is 0 Å². The van der Waals surface area contributed by atoms with Gasteiger partial charge in [-0.05, 0) is 31.0 Å². The van der Waals surface area contributed by atoms with E-state index in [0.29, 0.717) is 18.7 Å². The van der Waals surface area contributed by atoms with Crippen LogP contribution in [0.1, 0.15) is 22.3 Å². The van der Waals surface area contributed by atoms with Gasteiger partial charge in [-0.1, -0.05) is 22.0 Å². The lowest BCUT2D eigenvalue weighted by Crippen LogP contribution is -2.38. The van der Waals surface area contributed by atoms with E-state index in [1.807, 2.05) is 25.1 Å². The van der Waals surface area contributed by atoms with Crippen LogP contribution < -0.4 is 0 Å². The number of amides is 2. The highest BCUT2D eigenvalue weighted by Gasteiger charge is 2.24. The largest absolute Gasteiger partial charge is 0.344 e. The monoisotopic (exact) mass is 324 g/mol. The maximum Gasteiger partial charge on any atom is 0.254 e. The molecule has 5 heteroatoms. The summed E-state index contributed by atoms with van der Waals surface area (Å²) in [4.78, 5) is 27.7. The van der Waals surface area contributed by atoms with Crippen molar-refractivity contribution in [1.29, 1.82) is 0 Å². The first kappa shape index (κ1) is 14.1. The molecule has 1 fully saturated rings. The van der Waals surface area contributed by atoms with Crippen molar-refractivity contribution in [2.24, 2.45) is 0 Å². The fraction of sp³-hybridized carbons (Fsp3) is 0.429. The van der Waals surface area contributed by atoms with Crippen LogP contribution in [0.5, 0.6) is 0 Å². The van der Waals surface area contributed by atoms with Crippen LogP contribution in [0.3, 0.4) is 0 Å². The lowest BCUT2D eigenvalue weighted by Gasteiger charge is -2.21. The van der Waals surface area contributed by atoms with Gasteiger partial charge in [-0.3, -0.25) is 9.59 Å². The van der Waals surface area contributed by atoms with E-state index in [1.54, 1.807) is 16.8 Å². The number of rotatable bonds is 1. The van der Waals surface area contributed by atoms with Crippen molar-refractivity contribution in [1.82, 2.24) is 9.80 Å². The SMILES string of the molecule is Cc1c(Br)cccc1C(=O)N1CCCN(C)C(=O)C1. The number of carbonyl (C=O) groups is 2. The summed E-state index contributed by atoms with van der Waals surface area (Å²) in [6.07, 6.45) is 0.820. The van der Waals surface area contributed by atoms with Gasteiger partial charge in [0.05, 0.1) is 0 Å². The van der Waals surface area contributed by atoms with Crippen molar-refractivity contribution < 1.29 is 9.59 Å². The molecule has 0 N–H and O–H groups in total. The van der Waals surface area contributed by atoms with Crippen LogP contribution >= 0.6 is 15.9 Å². The molecule has 102 valence electrons. The molecule has 0 aromatic heterocycles. The summed E-state index contributed by atoms with van der Waals surface area (Å²) in [6.45, 7) is 3.41. The Balaban J connectivity index is 2.24. The summed E-state index contributed by atoms with van der Waals surface area (Å²) < 4.78 is 0.914. The van der Waals surface area contributed by atoms with Gasteiger partial charge in [-0.15, -0.1) is 0 Å². The molecule has 1 aliphatic heterocycles. The molecule has 0 bridgehead atoms. The fourth-order valence-corrected chi connectivity index (χ4v) is 2.54. The van der Waals surface area contributed by atoms with Gasteiger partial charge in [0.15, 0.2) is 0 Å². The predicted octanol–water partition coefficient (Wildman–Crippen LogP) is 2.06. The van der Waals surface area contributed by atoms with Crippen LogP contribution in [0.15, 0.2) is 22.7 Å². The number of nitrogens with zero attached hydrogens (tertiary/aromatic N) is 2. The van der Waals surface area contributed by atoms with Crippen molar-refractivity contribution in [2.75, 3.05) is 26.7 Å². The molecular formula is C14H17BrN2O2. The van der Waals surface area contributed by atoms with E-state index in [2.05, 4.69) is 15.9 Å². The molecule has 1 aromatic carbocycles. The Bertz CT molecular complexity index is 516. The molecule has 2 rings (SSSR count). The summed E-state index contributed by atoms with van der Waals surface area (Å²) in [5.74, 6) is -0.0686. The highest BCUT2D eigenvalue weighted by Crippen LogP contribution is 2.21. The molecule has 0 saturated carbocycles. The maximum atomic E-state index is 12.5. The van der Waals surface area contributed by atoms with Crippen LogP contribution in [0, 0.1) is 6.92 Å². The molecular weight excluding hydrogens is 308 g/mol. The zero-order valence-electron chi connectivity index (χ0n) is 11.1. The third-order valence-electron chi connectivity index (χ3n) is 3.46. The van der Waals surface area contributed by atoms with E-state index >= 15 is 0 Å². The van der Waals surface area contributed by atoms with E-state index in [-0.39, 0.29) is 18.4 Å². The van der Waals surface area contributed by atoms with Gasteiger partial charge >= 0.3 is 0 Å².